The van der Waals surface area contributed by atoms with Crippen LogP contribution >= 0.6 is 23.4 Å². The molecule has 0 unspecified atom stereocenters. The third kappa shape index (κ3) is 4.62. The maximum atomic E-state index is 12.5. The van der Waals surface area contributed by atoms with Crippen molar-refractivity contribution in [2.45, 2.75) is 23.7 Å². The molecule has 0 saturated carbocycles. The second-order valence-corrected chi connectivity index (χ2v) is 5.03. The van der Waals surface area contributed by atoms with Gasteiger partial charge in [0.25, 0.3) is 0 Å². The Morgan fingerprint density at radius 3 is 2.65 bits per heavy atom. The fourth-order valence-corrected chi connectivity index (χ4v) is 2.49. The lowest BCUT2D eigenvalue weighted by Crippen LogP contribution is -2.11. The Hall–Kier alpha value is -1.39. The van der Waals surface area contributed by atoms with E-state index in [0.717, 1.165) is 0 Å². The van der Waals surface area contributed by atoms with Crippen LogP contribution in [-0.2, 0) is 16.0 Å². The maximum Gasteiger partial charge on any atom is 0.446 e. The lowest BCUT2D eigenvalue weighted by Gasteiger charge is -2.13. The number of benzene rings is 1. The molecule has 108 valence electrons. The maximum absolute atomic E-state index is 12.5. The number of esters is 1. The van der Waals surface area contributed by atoms with Crippen LogP contribution in [0.3, 0.4) is 0 Å². The highest BCUT2D eigenvalue weighted by atomic mass is 35.5. The Labute approximate surface area is 122 Å². The zero-order valence-corrected chi connectivity index (χ0v) is 11.8. The number of hydrogen-bond acceptors (Lipinski definition) is 4. The van der Waals surface area contributed by atoms with Gasteiger partial charge in [0.05, 0.1) is 18.6 Å². The van der Waals surface area contributed by atoms with Crippen molar-refractivity contribution in [3.05, 3.63) is 28.3 Å². The SMILES string of the molecule is CCOC(=O)Cc1c(Cl)ccc(C#N)c1SC(F)(F)F. The summed E-state index contributed by atoms with van der Waals surface area (Å²) in [6.45, 7) is 1.69. The molecule has 0 heterocycles. The summed E-state index contributed by atoms with van der Waals surface area (Å²) < 4.78 is 42.3. The van der Waals surface area contributed by atoms with E-state index in [1.165, 1.54) is 12.1 Å². The largest absolute Gasteiger partial charge is 0.466 e. The first kappa shape index (κ1) is 16.7. The Bertz CT molecular complexity index is 555. The average molecular weight is 324 g/mol. The summed E-state index contributed by atoms with van der Waals surface area (Å²) in [7, 11) is 0. The van der Waals surface area contributed by atoms with E-state index < -0.39 is 29.7 Å². The van der Waals surface area contributed by atoms with Gasteiger partial charge in [-0.15, -0.1) is 0 Å². The highest BCUT2D eigenvalue weighted by Gasteiger charge is 2.33. The number of carbonyl (C=O) groups excluding carboxylic acids is 1. The number of carbonyl (C=O) groups is 1. The van der Waals surface area contributed by atoms with Crippen LogP contribution in [0, 0.1) is 11.3 Å². The highest BCUT2D eigenvalue weighted by Crippen LogP contribution is 2.42. The fourth-order valence-electron chi connectivity index (χ4n) is 1.45. The van der Waals surface area contributed by atoms with E-state index in [0.29, 0.717) is 0 Å². The van der Waals surface area contributed by atoms with Crippen molar-refractivity contribution in [1.82, 2.24) is 0 Å². The van der Waals surface area contributed by atoms with Gasteiger partial charge in [0.1, 0.15) is 6.07 Å². The van der Waals surface area contributed by atoms with Gasteiger partial charge < -0.3 is 4.74 Å². The van der Waals surface area contributed by atoms with Gasteiger partial charge in [0.15, 0.2) is 0 Å². The Morgan fingerprint density at radius 2 is 2.15 bits per heavy atom. The molecule has 0 aromatic heterocycles. The van der Waals surface area contributed by atoms with Crippen LogP contribution in [0.1, 0.15) is 18.1 Å². The van der Waals surface area contributed by atoms with Crippen LogP contribution in [0.2, 0.25) is 5.02 Å². The molecular formula is C12H9ClF3NO2S. The number of rotatable bonds is 4. The van der Waals surface area contributed by atoms with Crippen molar-refractivity contribution in [1.29, 1.82) is 5.26 Å². The highest BCUT2D eigenvalue weighted by molar-refractivity contribution is 8.00. The molecule has 0 aliphatic rings. The molecule has 0 bridgehead atoms. The molecule has 0 aliphatic heterocycles. The number of hydrogen-bond donors (Lipinski definition) is 0. The normalized spacial score (nSPS) is 11.0. The molecule has 8 heteroatoms. The first-order valence-electron chi connectivity index (χ1n) is 5.41. The van der Waals surface area contributed by atoms with Crippen molar-refractivity contribution < 1.29 is 22.7 Å². The van der Waals surface area contributed by atoms with Crippen LogP contribution in [0.15, 0.2) is 17.0 Å². The summed E-state index contributed by atoms with van der Waals surface area (Å²) in [5.74, 6) is -0.700. The molecule has 0 saturated heterocycles. The van der Waals surface area contributed by atoms with Crippen LogP contribution < -0.4 is 0 Å². The molecule has 1 rings (SSSR count). The zero-order valence-electron chi connectivity index (χ0n) is 10.3. The van der Waals surface area contributed by atoms with Crippen molar-refractivity contribution in [2.24, 2.45) is 0 Å². The molecule has 0 fully saturated rings. The number of alkyl halides is 3. The van der Waals surface area contributed by atoms with Crippen LogP contribution in [0.4, 0.5) is 13.2 Å². The fraction of sp³-hybridized carbons (Fsp3) is 0.333. The van der Waals surface area contributed by atoms with E-state index in [1.54, 1.807) is 13.0 Å². The van der Waals surface area contributed by atoms with E-state index in [9.17, 15) is 18.0 Å². The monoisotopic (exact) mass is 323 g/mol. The second kappa shape index (κ2) is 6.86. The summed E-state index contributed by atoms with van der Waals surface area (Å²) in [5.41, 5.74) is -4.82. The number of nitriles is 1. The van der Waals surface area contributed by atoms with Gasteiger partial charge >= 0.3 is 11.5 Å². The predicted molar refractivity (Wildman–Crippen MR) is 68.4 cm³/mol. The molecule has 3 nitrogen and oxygen atoms in total. The smallest absolute Gasteiger partial charge is 0.446 e. The topological polar surface area (TPSA) is 50.1 Å². The first-order chi connectivity index (χ1) is 9.28. The third-order valence-electron chi connectivity index (χ3n) is 2.17. The van der Waals surface area contributed by atoms with Crippen LogP contribution in [0.25, 0.3) is 0 Å². The molecule has 0 spiro atoms. The number of ether oxygens (including phenoxy) is 1. The Balaban J connectivity index is 3.26. The van der Waals surface area contributed by atoms with Crippen LogP contribution in [0.5, 0.6) is 0 Å². The minimum absolute atomic E-state index is 0.0104. The van der Waals surface area contributed by atoms with Crippen molar-refractivity contribution >= 4 is 29.3 Å². The van der Waals surface area contributed by atoms with Gasteiger partial charge in [-0.3, -0.25) is 4.79 Å². The van der Waals surface area contributed by atoms with Crippen molar-refractivity contribution in [3.63, 3.8) is 0 Å². The zero-order chi connectivity index (χ0) is 15.3. The summed E-state index contributed by atoms with van der Waals surface area (Å²) in [5, 5.41) is 8.87. The molecule has 0 amide bonds. The quantitative estimate of drug-likeness (QED) is 0.622. The first-order valence-corrected chi connectivity index (χ1v) is 6.60. The lowest BCUT2D eigenvalue weighted by atomic mass is 10.1. The van der Waals surface area contributed by atoms with E-state index in [4.69, 9.17) is 16.9 Å². The third-order valence-corrected chi connectivity index (χ3v) is 3.42. The summed E-state index contributed by atoms with van der Waals surface area (Å²) >= 11 is 5.37. The standard InChI is InChI=1S/C12H9ClF3NO2S/c1-2-19-10(18)5-8-9(13)4-3-7(6-17)11(8)20-12(14,15)16/h3-4H,2,5H2,1H3. The molecule has 0 aliphatic carbocycles. The van der Waals surface area contributed by atoms with E-state index in [-0.39, 0.29) is 27.7 Å². The van der Waals surface area contributed by atoms with E-state index >= 15 is 0 Å². The molecule has 0 atom stereocenters. The van der Waals surface area contributed by atoms with E-state index in [2.05, 4.69) is 4.74 Å². The average Bonchev–Trinajstić information content (AvgIpc) is 2.32. The molecule has 0 N–H and O–H groups in total. The van der Waals surface area contributed by atoms with Gasteiger partial charge in [-0.2, -0.15) is 18.4 Å². The molecular weight excluding hydrogens is 315 g/mol. The molecule has 20 heavy (non-hydrogen) atoms. The summed E-state index contributed by atoms with van der Waals surface area (Å²) in [6.07, 6.45) is -0.416. The predicted octanol–water partition coefficient (Wildman–Crippen LogP) is 3.93. The molecule has 1 aromatic carbocycles. The summed E-state index contributed by atoms with van der Waals surface area (Å²) in [6, 6.07) is 4.13. The van der Waals surface area contributed by atoms with Gasteiger partial charge in [-0.25, -0.2) is 0 Å². The van der Waals surface area contributed by atoms with Crippen LogP contribution in [-0.4, -0.2) is 18.1 Å². The van der Waals surface area contributed by atoms with E-state index in [1.807, 2.05) is 0 Å². The molecule has 0 radical (unpaired) electrons. The second-order valence-electron chi connectivity index (χ2n) is 3.54. The van der Waals surface area contributed by atoms with Crippen molar-refractivity contribution in [2.75, 3.05) is 6.61 Å². The van der Waals surface area contributed by atoms with Gasteiger partial charge in [-0.1, -0.05) is 11.6 Å². The Morgan fingerprint density at radius 1 is 1.50 bits per heavy atom. The molecule has 1 aromatic rings. The minimum atomic E-state index is -4.58. The Kier molecular flexibility index (Phi) is 5.72. The summed E-state index contributed by atoms with van der Waals surface area (Å²) in [4.78, 5) is 11.1. The van der Waals surface area contributed by atoms with Crippen molar-refractivity contribution in [3.8, 4) is 6.07 Å². The van der Waals surface area contributed by atoms with Gasteiger partial charge in [0.2, 0.25) is 0 Å². The van der Waals surface area contributed by atoms with Gasteiger partial charge in [-0.05, 0) is 36.4 Å². The minimum Gasteiger partial charge on any atom is -0.466 e. The lowest BCUT2D eigenvalue weighted by molar-refractivity contribution is -0.142. The number of halogens is 4. The number of thioether (sulfide) groups is 1. The van der Waals surface area contributed by atoms with Gasteiger partial charge in [0, 0.05) is 9.92 Å². The number of nitrogens with zero attached hydrogens (tertiary/aromatic N) is 1.